The number of thioether (sulfide) groups is 1. The molecular formula is C23H21ClN4O2S. The molecule has 2 amide bonds. The van der Waals surface area contributed by atoms with Crippen molar-refractivity contribution in [2.24, 2.45) is 0 Å². The Bertz CT molecular complexity index is 1160. The summed E-state index contributed by atoms with van der Waals surface area (Å²) in [5, 5.41) is 7.79. The number of halogens is 1. The zero-order valence-corrected chi connectivity index (χ0v) is 18.7. The maximum absolute atomic E-state index is 12.8. The number of nitrogens with zero attached hydrogens (tertiary/aromatic N) is 3. The van der Waals surface area contributed by atoms with Crippen LogP contribution in [0.4, 0.5) is 4.79 Å². The number of carbonyl (C=O) groups excluding carboxylic acids is 1. The van der Waals surface area contributed by atoms with E-state index in [9.17, 15) is 4.79 Å². The molecule has 1 atom stereocenters. The highest BCUT2D eigenvalue weighted by Crippen LogP contribution is 2.38. The summed E-state index contributed by atoms with van der Waals surface area (Å²) in [6, 6.07) is 14.6. The number of hydrogen-bond acceptors (Lipinski definition) is 5. The Labute approximate surface area is 190 Å². The summed E-state index contributed by atoms with van der Waals surface area (Å²) in [4.78, 5) is 20.2. The summed E-state index contributed by atoms with van der Waals surface area (Å²) in [6.45, 7) is 5.98. The van der Waals surface area contributed by atoms with Gasteiger partial charge in [0.25, 0.3) is 5.89 Å². The fourth-order valence-corrected chi connectivity index (χ4v) is 4.14. The number of nitrogens with one attached hydrogen (secondary N) is 1. The van der Waals surface area contributed by atoms with Crippen molar-refractivity contribution in [1.29, 1.82) is 0 Å². The van der Waals surface area contributed by atoms with Gasteiger partial charge < -0.3 is 9.84 Å². The minimum Gasteiger partial charge on any atom is -0.334 e. The normalized spacial score (nSPS) is 16.4. The van der Waals surface area contributed by atoms with Gasteiger partial charge in [0.15, 0.2) is 0 Å². The number of rotatable bonds is 6. The van der Waals surface area contributed by atoms with Crippen molar-refractivity contribution < 1.29 is 9.32 Å². The van der Waals surface area contributed by atoms with Gasteiger partial charge in [0, 0.05) is 27.7 Å². The summed E-state index contributed by atoms with van der Waals surface area (Å²) in [7, 11) is 0. The molecule has 1 aliphatic rings. The lowest BCUT2D eigenvalue weighted by atomic mass is 9.94. The Hall–Kier alpha value is -3.03. The van der Waals surface area contributed by atoms with Crippen LogP contribution in [0, 0.1) is 0 Å². The predicted octanol–water partition coefficient (Wildman–Crippen LogP) is 5.80. The van der Waals surface area contributed by atoms with Crippen LogP contribution in [0.25, 0.3) is 17.0 Å². The van der Waals surface area contributed by atoms with Gasteiger partial charge in [-0.1, -0.05) is 35.0 Å². The fourth-order valence-electron chi connectivity index (χ4n) is 3.53. The molecule has 0 saturated carbocycles. The number of urea groups is 1. The largest absolute Gasteiger partial charge is 0.334 e. The van der Waals surface area contributed by atoms with E-state index >= 15 is 0 Å². The summed E-state index contributed by atoms with van der Waals surface area (Å²) >= 11 is 7.88. The van der Waals surface area contributed by atoms with Gasteiger partial charge in [-0.15, -0.1) is 18.3 Å². The molecule has 6 nitrogen and oxygen atoms in total. The van der Waals surface area contributed by atoms with E-state index in [1.807, 2.05) is 55.6 Å². The van der Waals surface area contributed by atoms with Gasteiger partial charge >= 0.3 is 6.03 Å². The number of aromatic nitrogens is 2. The SMILES string of the molecule is C=CCN1C(=O)NC(c2cccc(Cl)c2)C(c2nc(-c3ccc(SC)cc3)no2)=C1C. The van der Waals surface area contributed by atoms with Crippen LogP contribution in [0.2, 0.25) is 5.02 Å². The number of amides is 2. The number of carbonyl (C=O) groups is 1. The molecule has 1 aliphatic heterocycles. The van der Waals surface area contributed by atoms with E-state index in [2.05, 4.69) is 22.0 Å². The maximum atomic E-state index is 12.8. The highest BCUT2D eigenvalue weighted by atomic mass is 35.5. The monoisotopic (exact) mass is 452 g/mol. The van der Waals surface area contributed by atoms with Gasteiger partial charge in [-0.3, -0.25) is 4.90 Å². The molecule has 1 unspecified atom stereocenters. The molecule has 3 aromatic rings. The van der Waals surface area contributed by atoms with Gasteiger partial charge in [0.2, 0.25) is 5.82 Å². The van der Waals surface area contributed by atoms with E-state index in [0.29, 0.717) is 23.3 Å². The zero-order valence-electron chi connectivity index (χ0n) is 17.1. The van der Waals surface area contributed by atoms with E-state index in [1.165, 1.54) is 0 Å². The first-order valence-corrected chi connectivity index (χ1v) is 11.3. The average molecular weight is 453 g/mol. The highest BCUT2D eigenvalue weighted by molar-refractivity contribution is 7.98. The predicted molar refractivity (Wildman–Crippen MR) is 124 cm³/mol. The summed E-state index contributed by atoms with van der Waals surface area (Å²) in [5.41, 5.74) is 3.13. The lowest BCUT2D eigenvalue weighted by molar-refractivity contribution is 0.209. The molecule has 0 saturated heterocycles. The standard InChI is InChI=1S/C23H21ClN4O2S/c1-4-12-28-14(2)19(20(25-23(28)29)16-6-5-7-17(24)13-16)22-26-21(27-30-22)15-8-10-18(31-3)11-9-15/h4-11,13,20H,1,12H2,2-3H3,(H,25,29). The lowest BCUT2D eigenvalue weighted by Crippen LogP contribution is -2.46. The van der Waals surface area contributed by atoms with Crippen LogP contribution in [0.3, 0.4) is 0 Å². The second kappa shape index (κ2) is 8.99. The summed E-state index contributed by atoms with van der Waals surface area (Å²) in [5.74, 6) is 0.834. The van der Waals surface area contributed by atoms with Crippen molar-refractivity contribution in [2.75, 3.05) is 12.8 Å². The first-order valence-electron chi connectivity index (χ1n) is 9.65. The molecule has 8 heteroatoms. The molecule has 2 heterocycles. The summed E-state index contributed by atoms with van der Waals surface area (Å²) in [6.07, 6.45) is 3.70. The van der Waals surface area contributed by atoms with Crippen molar-refractivity contribution in [3.05, 3.63) is 83.4 Å². The van der Waals surface area contributed by atoms with Crippen LogP contribution in [-0.2, 0) is 0 Å². The van der Waals surface area contributed by atoms with Crippen LogP contribution in [0.5, 0.6) is 0 Å². The van der Waals surface area contributed by atoms with Crippen molar-refractivity contribution in [3.63, 3.8) is 0 Å². The molecule has 1 aromatic heterocycles. The first-order chi connectivity index (χ1) is 15.0. The van der Waals surface area contributed by atoms with Crippen LogP contribution < -0.4 is 5.32 Å². The van der Waals surface area contributed by atoms with Crippen LogP contribution in [0.1, 0.15) is 24.4 Å². The highest BCUT2D eigenvalue weighted by Gasteiger charge is 2.35. The third-order valence-corrected chi connectivity index (χ3v) is 6.07. The molecule has 158 valence electrons. The Morgan fingerprint density at radius 2 is 2.06 bits per heavy atom. The number of allylic oxidation sites excluding steroid dienone is 1. The van der Waals surface area contributed by atoms with Crippen molar-refractivity contribution >= 4 is 35.0 Å². The van der Waals surface area contributed by atoms with E-state index in [0.717, 1.165) is 27.3 Å². The van der Waals surface area contributed by atoms with Crippen LogP contribution >= 0.6 is 23.4 Å². The molecular weight excluding hydrogens is 432 g/mol. The van der Waals surface area contributed by atoms with Crippen LogP contribution in [-0.4, -0.2) is 33.9 Å². The molecule has 0 bridgehead atoms. The fraction of sp³-hybridized carbons (Fsp3) is 0.174. The minimum atomic E-state index is -0.473. The average Bonchev–Trinajstić information content (AvgIpc) is 3.26. The van der Waals surface area contributed by atoms with Crippen LogP contribution in [0.15, 0.2) is 76.3 Å². The van der Waals surface area contributed by atoms with E-state index in [-0.39, 0.29) is 6.03 Å². The minimum absolute atomic E-state index is 0.224. The van der Waals surface area contributed by atoms with Crippen molar-refractivity contribution in [1.82, 2.24) is 20.4 Å². The third-order valence-electron chi connectivity index (χ3n) is 5.09. The molecule has 0 aliphatic carbocycles. The molecule has 4 rings (SSSR count). The Balaban J connectivity index is 1.80. The molecule has 0 spiro atoms. The van der Waals surface area contributed by atoms with E-state index < -0.39 is 6.04 Å². The molecule has 31 heavy (non-hydrogen) atoms. The Morgan fingerprint density at radius 3 is 2.74 bits per heavy atom. The summed E-state index contributed by atoms with van der Waals surface area (Å²) < 4.78 is 5.67. The second-order valence-corrected chi connectivity index (χ2v) is 8.30. The Kier molecular flexibility index (Phi) is 6.15. The van der Waals surface area contributed by atoms with Gasteiger partial charge in [-0.25, -0.2) is 4.79 Å². The quantitative estimate of drug-likeness (QED) is 0.378. The lowest BCUT2D eigenvalue weighted by Gasteiger charge is -2.34. The second-order valence-electron chi connectivity index (χ2n) is 6.99. The molecule has 1 N–H and O–H groups in total. The third kappa shape index (κ3) is 4.24. The Morgan fingerprint density at radius 1 is 1.29 bits per heavy atom. The van der Waals surface area contributed by atoms with E-state index in [4.69, 9.17) is 16.1 Å². The molecule has 0 radical (unpaired) electrons. The zero-order chi connectivity index (χ0) is 22.0. The molecule has 0 fully saturated rings. The number of hydrogen-bond donors (Lipinski definition) is 1. The molecule has 2 aromatic carbocycles. The topological polar surface area (TPSA) is 71.3 Å². The van der Waals surface area contributed by atoms with Gasteiger partial charge in [-0.2, -0.15) is 4.98 Å². The van der Waals surface area contributed by atoms with E-state index in [1.54, 1.807) is 28.8 Å². The first kappa shape index (κ1) is 21.2. The number of benzene rings is 2. The van der Waals surface area contributed by atoms with Gasteiger partial charge in [0.05, 0.1) is 11.6 Å². The smallest absolute Gasteiger partial charge is 0.322 e. The van der Waals surface area contributed by atoms with Gasteiger partial charge in [-0.05, 0) is 55.1 Å². The van der Waals surface area contributed by atoms with Gasteiger partial charge in [0.1, 0.15) is 0 Å². The maximum Gasteiger partial charge on any atom is 0.322 e. The van der Waals surface area contributed by atoms with Crippen molar-refractivity contribution in [2.45, 2.75) is 17.9 Å². The van der Waals surface area contributed by atoms with Crippen molar-refractivity contribution in [3.8, 4) is 11.4 Å².